The van der Waals surface area contributed by atoms with E-state index in [0.29, 0.717) is 54.4 Å². The van der Waals surface area contributed by atoms with E-state index in [2.05, 4.69) is 64.1 Å². The van der Waals surface area contributed by atoms with Crippen LogP contribution in [0, 0.1) is 0 Å². The van der Waals surface area contributed by atoms with Crippen molar-refractivity contribution < 1.29 is 52.9 Å². The second kappa shape index (κ2) is 26.9. The second-order valence-corrected chi connectivity index (χ2v) is 16.2. The molecule has 0 bridgehead atoms. The van der Waals surface area contributed by atoms with E-state index in [4.69, 9.17) is 23.8 Å². The third-order valence-electron chi connectivity index (χ3n) is 10.9. The van der Waals surface area contributed by atoms with Crippen LogP contribution in [0.25, 0.3) is 0 Å². The number of carbonyl (C=O) groups excluding carboxylic acids is 2. The first-order chi connectivity index (χ1) is 33.0. The quantitative estimate of drug-likeness (QED) is 0.0209. The average Bonchev–Trinajstić information content (AvgIpc) is 3.36. The minimum absolute atomic E-state index is 0.159. The standard InChI is InChI=1S/C22H21BO3.2C17H20NO3/c24-23(25)26-18-10-17-22(19-11-4-1-5-12-19,20-13-6-2-7-14-20)21-15-8-3-9-16-21;2*1-4-20-18-12-6-5-7-16(18)17(19)21-15-10-8-14(9-11-15)13(2)3/h1-9,11-16H,10,17-18H2;2*5-13H,4H2,1-3H3/q-2;2*+1. The number of hydrogen-bond acceptors (Lipinski definition) is 9. The molecule has 2 heterocycles. The minimum Gasteiger partial charge on any atom is -0.871 e. The molecule has 11 nitrogen and oxygen atoms in total. The Bertz CT molecular complexity index is 2350. The Morgan fingerprint density at radius 1 is 0.515 bits per heavy atom. The maximum Gasteiger partial charge on any atom is 0.414 e. The van der Waals surface area contributed by atoms with Crippen molar-refractivity contribution in [2.24, 2.45) is 0 Å². The van der Waals surface area contributed by atoms with E-state index in [1.807, 2.05) is 92.7 Å². The molecule has 352 valence electrons. The molecular weight excluding hydrogens is 855 g/mol. The van der Waals surface area contributed by atoms with Gasteiger partial charge < -0.3 is 24.2 Å². The van der Waals surface area contributed by atoms with Crippen LogP contribution in [0.2, 0.25) is 0 Å². The molecule has 7 aromatic rings. The van der Waals surface area contributed by atoms with Crippen molar-refractivity contribution in [3.8, 4) is 11.5 Å². The van der Waals surface area contributed by atoms with Gasteiger partial charge >= 0.3 is 23.3 Å². The predicted molar refractivity (Wildman–Crippen MR) is 259 cm³/mol. The lowest BCUT2D eigenvalue weighted by Crippen LogP contribution is -2.48. The van der Waals surface area contributed by atoms with Crippen LogP contribution >= 0.6 is 0 Å². The van der Waals surface area contributed by atoms with E-state index in [-0.39, 0.29) is 12.0 Å². The molecule has 0 radical (unpaired) electrons. The first-order valence-electron chi connectivity index (χ1n) is 23.0. The number of nitrogens with zero attached hydrogens (tertiary/aromatic N) is 2. The molecule has 0 saturated carbocycles. The maximum absolute atomic E-state index is 12.2. The molecule has 0 unspecified atom stereocenters. The Kier molecular flexibility index (Phi) is 20.5. The molecule has 0 fully saturated rings. The van der Waals surface area contributed by atoms with Crippen LogP contribution in [-0.2, 0) is 10.1 Å². The first kappa shape index (κ1) is 51.9. The minimum atomic E-state index is -2.23. The van der Waals surface area contributed by atoms with Gasteiger partial charge in [0.15, 0.2) is 13.2 Å². The van der Waals surface area contributed by atoms with Crippen LogP contribution < -0.4 is 38.7 Å². The lowest BCUT2D eigenvalue weighted by atomic mass is 9.67. The molecule has 5 aromatic carbocycles. The molecule has 0 aliphatic carbocycles. The number of esters is 2. The van der Waals surface area contributed by atoms with Crippen LogP contribution in [0.1, 0.15) is 115 Å². The highest BCUT2D eigenvalue weighted by Gasteiger charge is 2.35. The SMILES string of the molecule is CCO[n+]1ccccc1C(=O)Oc1ccc(C(C)C)cc1.CCO[n+]1ccccc1C(=O)Oc1ccc(C(C)C)cc1.[O-]B([O-])OCCCC(c1ccccc1)(c1ccccc1)c1ccccc1. The number of pyridine rings is 2. The fourth-order valence-electron chi connectivity index (χ4n) is 7.45. The summed E-state index contributed by atoms with van der Waals surface area (Å²) in [4.78, 5) is 35.1. The van der Waals surface area contributed by atoms with Crippen LogP contribution in [0.3, 0.4) is 0 Å². The summed E-state index contributed by atoms with van der Waals surface area (Å²) < 4.78 is 18.3. The van der Waals surface area contributed by atoms with Crippen molar-refractivity contribution in [2.75, 3.05) is 19.8 Å². The lowest BCUT2D eigenvalue weighted by molar-refractivity contribution is -0.892. The van der Waals surface area contributed by atoms with E-state index < -0.39 is 19.3 Å². The summed E-state index contributed by atoms with van der Waals surface area (Å²) in [7, 11) is -2.23. The molecule has 2 aromatic heterocycles. The summed E-state index contributed by atoms with van der Waals surface area (Å²) in [5.74, 6) is 1.06. The zero-order valence-corrected chi connectivity index (χ0v) is 39.7. The van der Waals surface area contributed by atoms with Gasteiger partial charge in [0, 0.05) is 45.7 Å². The summed E-state index contributed by atoms with van der Waals surface area (Å²) in [6.45, 7) is 13.3. The van der Waals surface area contributed by atoms with Crippen LogP contribution in [0.15, 0.2) is 188 Å². The molecule has 0 atom stereocenters. The number of benzene rings is 5. The third-order valence-corrected chi connectivity index (χ3v) is 10.9. The highest BCUT2D eigenvalue weighted by molar-refractivity contribution is 6.28. The van der Waals surface area contributed by atoms with E-state index >= 15 is 0 Å². The van der Waals surface area contributed by atoms with Crippen LogP contribution in [-0.4, -0.2) is 39.1 Å². The Labute approximate surface area is 401 Å². The molecular formula is C56H61BN2O9. The molecule has 0 amide bonds. The van der Waals surface area contributed by atoms with E-state index in [1.54, 1.807) is 73.1 Å². The van der Waals surface area contributed by atoms with Gasteiger partial charge in [-0.25, -0.2) is 9.59 Å². The number of hydrogen-bond donors (Lipinski definition) is 0. The van der Waals surface area contributed by atoms with Gasteiger partial charge in [-0.1, -0.05) is 143 Å². The molecule has 0 aliphatic rings. The fraction of sp³-hybridized carbons (Fsp3) is 0.250. The summed E-state index contributed by atoms with van der Waals surface area (Å²) >= 11 is 0. The fourth-order valence-corrected chi connectivity index (χ4v) is 7.45. The molecule has 0 spiro atoms. The molecule has 0 aliphatic heterocycles. The van der Waals surface area contributed by atoms with Gasteiger partial charge in [0.2, 0.25) is 12.4 Å². The number of rotatable bonds is 18. The molecule has 68 heavy (non-hydrogen) atoms. The van der Waals surface area contributed by atoms with Gasteiger partial charge in [0.05, 0.1) is 7.32 Å². The monoisotopic (exact) mass is 916 g/mol. The van der Waals surface area contributed by atoms with Gasteiger partial charge in [-0.3, -0.25) is 9.68 Å². The second-order valence-electron chi connectivity index (χ2n) is 16.2. The van der Waals surface area contributed by atoms with Crippen LogP contribution in [0.4, 0.5) is 0 Å². The highest BCUT2D eigenvalue weighted by Crippen LogP contribution is 2.43. The van der Waals surface area contributed by atoms with Gasteiger partial charge in [0.1, 0.15) is 11.5 Å². The normalized spacial score (nSPS) is 10.8. The van der Waals surface area contributed by atoms with Gasteiger partial charge in [-0.2, -0.15) is 0 Å². The van der Waals surface area contributed by atoms with Crippen LogP contribution in [0.5, 0.6) is 11.5 Å². The van der Waals surface area contributed by atoms with Crippen molar-refractivity contribution in [1.82, 2.24) is 0 Å². The van der Waals surface area contributed by atoms with Gasteiger partial charge in [-0.05, 0) is 103 Å². The Balaban J connectivity index is 0.000000192. The predicted octanol–water partition coefficient (Wildman–Crippen LogP) is 8.05. The van der Waals surface area contributed by atoms with Crippen molar-refractivity contribution in [3.63, 3.8) is 0 Å². The summed E-state index contributed by atoms with van der Waals surface area (Å²) in [6.07, 6.45) is 4.71. The van der Waals surface area contributed by atoms with E-state index in [0.717, 1.165) is 6.42 Å². The summed E-state index contributed by atoms with van der Waals surface area (Å²) in [6, 6.07) is 56.6. The van der Waals surface area contributed by atoms with Crippen molar-refractivity contribution in [3.05, 3.63) is 228 Å². The molecule has 0 N–H and O–H groups in total. The summed E-state index contributed by atoms with van der Waals surface area (Å²) in [5.41, 5.74) is 6.29. The Morgan fingerprint density at radius 3 is 1.19 bits per heavy atom. The Hall–Kier alpha value is -7.12. The summed E-state index contributed by atoms with van der Waals surface area (Å²) in [5, 5.41) is 21.4. The maximum atomic E-state index is 12.2. The smallest absolute Gasteiger partial charge is 0.414 e. The Morgan fingerprint density at radius 2 is 0.868 bits per heavy atom. The third kappa shape index (κ3) is 14.9. The number of ether oxygens (including phenoxy) is 2. The van der Waals surface area contributed by atoms with Crippen molar-refractivity contribution >= 4 is 19.3 Å². The van der Waals surface area contributed by atoms with E-state index in [9.17, 15) is 19.6 Å². The first-order valence-corrected chi connectivity index (χ1v) is 23.0. The largest absolute Gasteiger partial charge is 0.871 e. The molecule has 0 saturated heterocycles. The highest BCUT2D eigenvalue weighted by atomic mass is 16.7. The lowest BCUT2D eigenvalue weighted by Gasteiger charge is -2.37. The van der Waals surface area contributed by atoms with Crippen molar-refractivity contribution in [2.45, 2.75) is 71.6 Å². The zero-order valence-electron chi connectivity index (χ0n) is 39.7. The number of aromatic nitrogens is 2. The van der Waals surface area contributed by atoms with Gasteiger partial charge in [-0.15, -0.1) is 0 Å². The van der Waals surface area contributed by atoms with E-state index in [1.165, 1.54) is 37.3 Å². The molecule has 7 rings (SSSR count). The van der Waals surface area contributed by atoms with Crippen molar-refractivity contribution in [1.29, 1.82) is 0 Å². The average molecular weight is 917 g/mol. The topological polar surface area (TPSA) is 134 Å². The van der Waals surface area contributed by atoms with Gasteiger partial charge in [0.25, 0.3) is 0 Å². The zero-order chi connectivity index (χ0) is 48.7. The molecule has 12 heteroatoms. The number of carbonyl (C=O) groups is 2.